The number of hydrogen-bond donors (Lipinski definition) is 0. The topological polar surface area (TPSA) is 40.9 Å². The van der Waals surface area contributed by atoms with E-state index in [4.69, 9.17) is 5.26 Å². The van der Waals surface area contributed by atoms with Crippen molar-refractivity contribution in [3.8, 4) is 6.07 Å². The van der Waals surface area contributed by atoms with E-state index in [1.54, 1.807) is 0 Å². The van der Waals surface area contributed by atoms with Gasteiger partial charge in [-0.15, -0.1) is 0 Å². The van der Waals surface area contributed by atoms with Gasteiger partial charge in [0.2, 0.25) is 0 Å². The van der Waals surface area contributed by atoms with E-state index >= 15 is 0 Å². The minimum atomic E-state index is -0.229. The van der Waals surface area contributed by atoms with E-state index in [-0.39, 0.29) is 5.41 Å². The van der Waals surface area contributed by atoms with E-state index in [0.717, 1.165) is 12.2 Å². The molecule has 3 heteroatoms. The minimum absolute atomic E-state index is 0.229. The molecular formula is C10H15NOS. The second kappa shape index (κ2) is 4.15. The van der Waals surface area contributed by atoms with Crippen LogP contribution in [0, 0.1) is 16.7 Å². The molecule has 1 rings (SSSR count). The van der Waals surface area contributed by atoms with Gasteiger partial charge >= 0.3 is 0 Å². The fourth-order valence-corrected chi connectivity index (χ4v) is 2.74. The summed E-state index contributed by atoms with van der Waals surface area (Å²) in [5.74, 6) is 1.23. The number of nitrogens with zero attached hydrogens (tertiary/aromatic N) is 1. The van der Waals surface area contributed by atoms with Crippen LogP contribution in [0.25, 0.3) is 0 Å². The predicted molar refractivity (Wildman–Crippen MR) is 54.5 cm³/mol. The summed E-state index contributed by atoms with van der Waals surface area (Å²) >= 11 is 1.85. The molecule has 2 unspecified atom stereocenters. The van der Waals surface area contributed by atoms with Crippen LogP contribution in [0.5, 0.6) is 0 Å². The number of rotatable bonds is 2. The Kier molecular flexibility index (Phi) is 3.38. The number of hydrogen-bond acceptors (Lipinski definition) is 3. The van der Waals surface area contributed by atoms with E-state index in [1.165, 1.54) is 0 Å². The van der Waals surface area contributed by atoms with E-state index in [1.807, 2.05) is 18.7 Å². The average Bonchev–Trinajstić information content (AvgIpc) is 2.09. The van der Waals surface area contributed by atoms with E-state index in [9.17, 15) is 4.79 Å². The normalized spacial score (nSPS) is 34.2. The first kappa shape index (κ1) is 10.6. The van der Waals surface area contributed by atoms with Gasteiger partial charge in [0.25, 0.3) is 0 Å². The molecule has 0 aromatic rings. The van der Waals surface area contributed by atoms with Gasteiger partial charge in [0.05, 0.1) is 6.07 Å². The Labute approximate surface area is 83.7 Å². The van der Waals surface area contributed by atoms with Gasteiger partial charge in [-0.1, -0.05) is 13.8 Å². The van der Waals surface area contributed by atoms with Crippen LogP contribution in [-0.4, -0.2) is 16.8 Å². The van der Waals surface area contributed by atoms with Crippen molar-refractivity contribution in [1.29, 1.82) is 5.26 Å². The standard InChI is InChI=1S/C10H15NOS/c1-8-6-9(12)10(2,7-13-8)4-3-5-11/h8H,3-4,6-7H2,1-2H3. The summed E-state index contributed by atoms with van der Waals surface area (Å²) in [7, 11) is 0. The molecule has 1 heterocycles. The van der Waals surface area contributed by atoms with E-state index in [0.29, 0.717) is 23.9 Å². The Morgan fingerprint density at radius 1 is 1.77 bits per heavy atom. The fourth-order valence-electron chi connectivity index (χ4n) is 1.52. The lowest BCUT2D eigenvalue weighted by atomic mass is 9.81. The highest BCUT2D eigenvalue weighted by molar-refractivity contribution is 8.00. The number of nitriles is 1. The summed E-state index contributed by atoms with van der Waals surface area (Å²) in [5.41, 5.74) is -0.229. The fraction of sp³-hybridized carbons (Fsp3) is 0.800. The van der Waals surface area contributed by atoms with Gasteiger partial charge in [-0.05, 0) is 6.42 Å². The number of Topliss-reactive ketones (excluding diaryl/α,β-unsaturated/α-hetero) is 1. The third-order valence-corrected chi connectivity index (χ3v) is 4.16. The van der Waals surface area contributed by atoms with Gasteiger partial charge in [0.15, 0.2) is 0 Å². The lowest BCUT2D eigenvalue weighted by molar-refractivity contribution is -0.127. The Morgan fingerprint density at radius 3 is 3.00 bits per heavy atom. The highest BCUT2D eigenvalue weighted by atomic mass is 32.2. The summed E-state index contributed by atoms with van der Waals surface area (Å²) in [4.78, 5) is 11.7. The van der Waals surface area contributed by atoms with E-state index < -0.39 is 0 Å². The highest BCUT2D eigenvalue weighted by Crippen LogP contribution is 2.38. The molecule has 1 fully saturated rings. The van der Waals surface area contributed by atoms with Crippen LogP contribution < -0.4 is 0 Å². The molecule has 0 aromatic heterocycles. The molecule has 0 bridgehead atoms. The molecule has 1 aliphatic heterocycles. The van der Waals surface area contributed by atoms with Crippen LogP contribution in [0.4, 0.5) is 0 Å². The van der Waals surface area contributed by atoms with Crippen molar-refractivity contribution in [2.45, 2.75) is 38.4 Å². The lowest BCUT2D eigenvalue weighted by Crippen LogP contribution is -2.36. The Morgan fingerprint density at radius 2 is 2.46 bits per heavy atom. The maximum Gasteiger partial charge on any atom is 0.140 e. The zero-order valence-electron chi connectivity index (χ0n) is 8.17. The molecule has 2 atom stereocenters. The van der Waals surface area contributed by atoms with Crippen molar-refractivity contribution in [1.82, 2.24) is 0 Å². The third kappa shape index (κ3) is 2.47. The van der Waals surface area contributed by atoms with Gasteiger partial charge in [-0.25, -0.2) is 0 Å². The molecule has 0 N–H and O–H groups in total. The highest BCUT2D eigenvalue weighted by Gasteiger charge is 2.37. The van der Waals surface area contributed by atoms with Crippen molar-refractivity contribution in [2.75, 3.05) is 5.75 Å². The molecule has 72 valence electrons. The van der Waals surface area contributed by atoms with Crippen molar-refractivity contribution in [3.05, 3.63) is 0 Å². The van der Waals surface area contributed by atoms with Crippen molar-refractivity contribution in [3.63, 3.8) is 0 Å². The molecule has 0 radical (unpaired) electrons. The molecule has 0 aromatic carbocycles. The van der Waals surface area contributed by atoms with Gasteiger partial charge in [-0.3, -0.25) is 4.79 Å². The summed E-state index contributed by atoms with van der Waals surface area (Å²) < 4.78 is 0. The van der Waals surface area contributed by atoms with Crippen LogP contribution in [-0.2, 0) is 4.79 Å². The summed E-state index contributed by atoms with van der Waals surface area (Å²) in [6.07, 6.45) is 1.89. The lowest BCUT2D eigenvalue weighted by Gasteiger charge is -2.33. The maximum atomic E-state index is 11.7. The molecule has 0 saturated carbocycles. The second-order valence-electron chi connectivity index (χ2n) is 3.97. The molecule has 13 heavy (non-hydrogen) atoms. The maximum absolute atomic E-state index is 11.7. The quantitative estimate of drug-likeness (QED) is 0.682. The first-order valence-electron chi connectivity index (χ1n) is 4.60. The predicted octanol–water partition coefficient (Wildman–Crippen LogP) is 2.39. The third-order valence-electron chi connectivity index (χ3n) is 2.62. The van der Waals surface area contributed by atoms with Crippen LogP contribution in [0.15, 0.2) is 0 Å². The van der Waals surface area contributed by atoms with Crippen molar-refractivity contribution in [2.24, 2.45) is 5.41 Å². The van der Waals surface area contributed by atoms with Gasteiger partial charge in [0, 0.05) is 29.3 Å². The Bertz CT molecular complexity index is 246. The molecule has 2 nitrogen and oxygen atoms in total. The zero-order valence-corrected chi connectivity index (χ0v) is 8.99. The van der Waals surface area contributed by atoms with Gasteiger partial charge < -0.3 is 0 Å². The van der Waals surface area contributed by atoms with Crippen LogP contribution >= 0.6 is 11.8 Å². The number of thioether (sulfide) groups is 1. The number of carbonyl (C=O) groups is 1. The molecular weight excluding hydrogens is 182 g/mol. The number of carbonyl (C=O) groups excluding carboxylic acids is 1. The molecule has 0 spiro atoms. The second-order valence-corrected chi connectivity index (χ2v) is 5.39. The summed E-state index contributed by atoms with van der Waals surface area (Å²) in [6, 6.07) is 2.11. The monoisotopic (exact) mass is 197 g/mol. The minimum Gasteiger partial charge on any atom is -0.299 e. The first-order chi connectivity index (χ1) is 6.08. The zero-order chi connectivity index (χ0) is 9.90. The van der Waals surface area contributed by atoms with Crippen LogP contribution in [0.1, 0.15) is 33.1 Å². The molecule has 1 aliphatic rings. The molecule has 1 saturated heterocycles. The van der Waals surface area contributed by atoms with Crippen molar-refractivity contribution < 1.29 is 4.79 Å². The molecule has 0 amide bonds. The van der Waals surface area contributed by atoms with Crippen LogP contribution in [0.3, 0.4) is 0 Å². The smallest absolute Gasteiger partial charge is 0.140 e. The SMILES string of the molecule is CC1CC(=O)C(C)(CCC#N)CS1. The van der Waals surface area contributed by atoms with E-state index in [2.05, 4.69) is 13.0 Å². The average molecular weight is 197 g/mol. The van der Waals surface area contributed by atoms with Crippen molar-refractivity contribution >= 4 is 17.5 Å². The Hall–Kier alpha value is -0.490. The largest absolute Gasteiger partial charge is 0.299 e. The Balaban J connectivity index is 2.58. The van der Waals surface area contributed by atoms with Gasteiger partial charge in [-0.2, -0.15) is 17.0 Å². The summed E-state index contributed by atoms with van der Waals surface area (Å²) in [5, 5.41) is 8.94. The first-order valence-corrected chi connectivity index (χ1v) is 5.65. The number of ketones is 1. The van der Waals surface area contributed by atoms with Crippen LogP contribution in [0.2, 0.25) is 0 Å². The summed E-state index contributed by atoms with van der Waals surface area (Å²) in [6.45, 7) is 4.08. The molecule has 0 aliphatic carbocycles. The van der Waals surface area contributed by atoms with Gasteiger partial charge in [0.1, 0.15) is 5.78 Å².